The van der Waals surface area contributed by atoms with Crippen LogP contribution in [0.5, 0.6) is 11.5 Å². The van der Waals surface area contributed by atoms with Gasteiger partial charge in [-0.05, 0) is 92.6 Å². The highest BCUT2D eigenvalue weighted by atomic mass is 127. The molecule has 2 amide bonds. The van der Waals surface area contributed by atoms with Crippen molar-refractivity contribution < 1.29 is 19.1 Å². The largest absolute Gasteiger partial charge is 0.496 e. The fraction of sp³-hybridized carbons (Fsp3) is 0.250. The Morgan fingerprint density at radius 3 is 2.43 bits per heavy atom. The van der Waals surface area contributed by atoms with Crippen molar-refractivity contribution in [2.75, 3.05) is 13.7 Å². The van der Waals surface area contributed by atoms with Gasteiger partial charge in [-0.25, -0.2) is 0 Å². The molecule has 0 bridgehead atoms. The molecular formula is C20H21BrIN3O4S. The summed E-state index contributed by atoms with van der Waals surface area (Å²) in [5.41, 5.74) is 6.43. The standard InChI is InChI=1S/C20H21BrIN3O4S/c1-11(2)12-4-6-16(14(21)8-12)29-10-18(26)24-25-20(30)23-19(27)13-5-7-17(28-3)15(22)9-13/h4-9,11H,10H2,1-3H3,(H,24,26)(H2,23,25,27,30). The number of hydrazine groups is 1. The lowest BCUT2D eigenvalue weighted by Crippen LogP contribution is -2.49. The fourth-order valence-corrected chi connectivity index (χ4v) is 3.70. The first kappa shape index (κ1) is 24.4. The second-order valence-corrected chi connectivity index (χ2v) is 8.86. The number of benzene rings is 2. The molecule has 7 nitrogen and oxygen atoms in total. The van der Waals surface area contributed by atoms with E-state index in [1.807, 2.05) is 12.1 Å². The zero-order valence-electron chi connectivity index (χ0n) is 16.5. The predicted molar refractivity (Wildman–Crippen MR) is 131 cm³/mol. The highest BCUT2D eigenvalue weighted by molar-refractivity contribution is 14.1. The van der Waals surface area contributed by atoms with Gasteiger partial charge in [0.25, 0.3) is 11.8 Å². The number of hydrogen-bond donors (Lipinski definition) is 3. The molecule has 0 aliphatic rings. The molecule has 0 heterocycles. The second-order valence-electron chi connectivity index (χ2n) is 6.44. The van der Waals surface area contributed by atoms with Gasteiger partial charge in [-0.3, -0.25) is 25.8 Å². The van der Waals surface area contributed by atoms with E-state index in [1.165, 1.54) is 0 Å². The maximum Gasteiger partial charge on any atom is 0.276 e. The minimum Gasteiger partial charge on any atom is -0.496 e. The zero-order chi connectivity index (χ0) is 22.3. The number of carbonyl (C=O) groups excluding carboxylic acids is 2. The molecule has 0 aromatic heterocycles. The molecule has 0 saturated heterocycles. The molecular weight excluding hydrogens is 585 g/mol. The number of ether oxygens (including phenoxy) is 2. The van der Waals surface area contributed by atoms with Crippen LogP contribution in [0.3, 0.4) is 0 Å². The summed E-state index contributed by atoms with van der Waals surface area (Å²) >= 11 is 10.5. The molecule has 2 rings (SSSR count). The molecule has 30 heavy (non-hydrogen) atoms. The molecule has 2 aromatic rings. The minimum atomic E-state index is -0.453. The van der Waals surface area contributed by atoms with E-state index in [0.29, 0.717) is 23.0 Å². The van der Waals surface area contributed by atoms with Crippen molar-refractivity contribution in [3.63, 3.8) is 0 Å². The molecule has 0 saturated carbocycles. The summed E-state index contributed by atoms with van der Waals surface area (Å²) in [5, 5.41) is 2.45. The Hall–Kier alpha value is -1.92. The third kappa shape index (κ3) is 7.10. The fourth-order valence-electron chi connectivity index (χ4n) is 2.31. The van der Waals surface area contributed by atoms with Crippen LogP contribution >= 0.6 is 50.7 Å². The summed E-state index contributed by atoms with van der Waals surface area (Å²) in [7, 11) is 1.56. The zero-order valence-corrected chi connectivity index (χ0v) is 21.1. The van der Waals surface area contributed by atoms with Crippen LogP contribution in [0.25, 0.3) is 0 Å². The van der Waals surface area contributed by atoms with Crippen LogP contribution in [0.15, 0.2) is 40.9 Å². The lowest BCUT2D eigenvalue weighted by atomic mass is 10.0. The van der Waals surface area contributed by atoms with Crippen molar-refractivity contribution in [2.24, 2.45) is 0 Å². The number of nitrogens with one attached hydrogen (secondary N) is 3. The van der Waals surface area contributed by atoms with Crippen LogP contribution in [0.2, 0.25) is 0 Å². The van der Waals surface area contributed by atoms with Crippen LogP contribution in [-0.4, -0.2) is 30.6 Å². The lowest BCUT2D eigenvalue weighted by molar-refractivity contribution is -0.123. The molecule has 0 fully saturated rings. The van der Waals surface area contributed by atoms with Crippen molar-refractivity contribution in [3.8, 4) is 11.5 Å². The normalized spacial score (nSPS) is 10.3. The smallest absolute Gasteiger partial charge is 0.276 e. The quantitative estimate of drug-likeness (QED) is 0.263. The van der Waals surface area contributed by atoms with Gasteiger partial charge in [-0.2, -0.15) is 0 Å². The molecule has 0 unspecified atom stereocenters. The Morgan fingerprint density at radius 1 is 1.13 bits per heavy atom. The van der Waals surface area contributed by atoms with Crippen LogP contribution in [-0.2, 0) is 4.79 Å². The number of rotatable bonds is 6. The monoisotopic (exact) mass is 605 g/mol. The summed E-state index contributed by atoms with van der Waals surface area (Å²) < 4.78 is 12.2. The summed E-state index contributed by atoms with van der Waals surface area (Å²) in [6.07, 6.45) is 0. The highest BCUT2D eigenvalue weighted by Crippen LogP contribution is 2.28. The lowest BCUT2D eigenvalue weighted by Gasteiger charge is -2.13. The number of carbonyl (C=O) groups is 2. The van der Waals surface area contributed by atoms with Gasteiger partial charge in [0.15, 0.2) is 11.7 Å². The van der Waals surface area contributed by atoms with Gasteiger partial charge in [0.1, 0.15) is 11.5 Å². The van der Waals surface area contributed by atoms with Crippen molar-refractivity contribution in [1.29, 1.82) is 0 Å². The average molecular weight is 606 g/mol. The van der Waals surface area contributed by atoms with Gasteiger partial charge in [0.05, 0.1) is 15.2 Å². The van der Waals surface area contributed by atoms with E-state index in [4.69, 9.17) is 21.7 Å². The Bertz CT molecular complexity index is 956. The molecule has 0 aliphatic carbocycles. The maximum absolute atomic E-state index is 12.2. The van der Waals surface area contributed by atoms with E-state index in [0.717, 1.165) is 13.6 Å². The second kappa shape index (κ2) is 11.5. The molecule has 0 atom stereocenters. The number of halogens is 2. The van der Waals surface area contributed by atoms with Gasteiger partial charge >= 0.3 is 0 Å². The third-order valence-corrected chi connectivity index (χ3v) is 5.60. The topological polar surface area (TPSA) is 88.7 Å². The average Bonchev–Trinajstić information content (AvgIpc) is 2.71. The first-order chi connectivity index (χ1) is 14.2. The van der Waals surface area contributed by atoms with Gasteiger partial charge in [-0.15, -0.1) is 0 Å². The molecule has 0 aliphatic heterocycles. The van der Waals surface area contributed by atoms with Crippen LogP contribution in [0, 0.1) is 3.57 Å². The number of hydrogen-bond acceptors (Lipinski definition) is 5. The SMILES string of the molecule is COc1ccc(C(=O)NC(=S)NNC(=O)COc2ccc(C(C)C)cc2Br)cc1I. The van der Waals surface area contributed by atoms with Gasteiger partial charge in [0.2, 0.25) is 0 Å². The number of thiocarbonyl (C=S) groups is 1. The summed E-state index contributed by atoms with van der Waals surface area (Å²) in [6.45, 7) is 3.97. The van der Waals surface area contributed by atoms with E-state index >= 15 is 0 Å². The van der Waals surface area contributed by atoms with E-state index in [9.17, 15) is 9.59 Å². The van der Waals surface area contributed by atoms with Crippen LogP contribution < -0.4 is 25.6 Å². The summed E-state index contributed by atoms with van der Waals surface area (Å²) in [6, 6.07) is 10.7. The van der Waals surface area contributed by atoms with Crippen LogP contribution in [0.1, 0.15) is 35.7 Å². The van der Waals surface area contributed by atoms with Crippen molar-refractivity contribution in [3.05, 3.63) is 55.6 Å². The van der Waals surface area contributed by atoms with E-state index in [1.54, 1.807) is 31.4 Å². The van der Waals surface area contributed by atoms with E-state index in [-0.39, 0.29) is 11.7 Å². The molecule has 2 aromatic carbocycles. The van der Waals surface area contributed by atoms with Gasteiger partial charge < -0.3 is 9.47 Å². The molecule has 3 N–H and O–H groups in total. The Labute approximate surface area is 202 Å². The van der Waals surface area contributed by atoms with Crippen molar-refractivity contribution in [2.45, 2.75) is 19.8 Å². The molecule has 0 spiro atoms. The predicted octanol–water partition coefficient (Wildman–Crippen LogP) is 3.90. The van der Waals surface area contributed by atoms with Crippen molar-refractivity contribution >= 4 is 67.7 Å². The number of amides is 2. The Balaban J connectivity index is 1.79. The molecule has 0 radical (unpaired) electrons. The summed E-state index contributed by atoms with van der Waals surface area (Å²) in [5.74, 6) is 0.753. The van der Waals surface area contributed by atoms with E-state index in [2.05, 4.69) is 68.5 Å². The maximum atomic E-state index is 12.2. The minimum absolute atomic E-state index is 0.0401. The van der Waals surface area contributed by atoms with Gasteiger partial charge in [-0.1, -0.05) is 19.9 Å². The highest BCUT2D eigenvalue weighted by Gasteiger charge is 2.12. The first-order valence-electron chi connectivity index (χ1n) is 8.87. The van der Waals surface area contributed by atoms with Gasteiger partial charge in [0, 0.05) is 5.56 Å². The third-order valence-electron chi connectivity index (χ3n) is 3.94. The number of methoxy groups -OCH3 is 1. The molecule has 160 valence electrons. The van der Waals surface area contributed by atoms with E-state index < -0.39 is 11.8 Å². The molecule has 10 heteroatoms. The summed E-state index contributed by atoms with van der Waals surface area (Å²) in [4.78, 5) is 24.2. The van der Waals surface area contributed by atoms with Crippen LogP contribution in [0.4, 0.5) is 0 Å². The first-order valence-corrected chi connectivity index (χ1v) is 11.1. The Morgan fingerprint density at radius 2 is 1.83 bits per heavy atom. The van der Waals surface area contributed by atoms with Crippen molar-refractivity contribution in [1.82, 2.24) is 16.2 Å². The Kier molecular flexibility index (Phi) is 9.31.